The molecule has 1 aromatic heterocycles. The van der Waals surface area contributed by atoms with E-state index in [4.69, 9.17) is 15.2 Å². The number of anilines is 2. The average Bonchev–Trinajstić information content (AvgIpc) is 2.25. The monoisotopic (exact) mass is 238 g/mol. The average molecular weight is 238 g/mol. The molecule has 94 valence electrons. The molecular formula is C11H18N4O2. The molecule has 1 saturated carbocycles. The van der Waals surface area contributed by atoms with Crippen LogP contribution in [0.15, 0.2) is 6.07 Å². The van der Waals surface area contributed by atoms with E-state index in [9.17, 15) is 0 Å². The summed E-state index contributed by atoms with van der Waals surface area (Å²) in [6.45, 7) is 2.78. The summed E-state index contributed by atoms with van der Waals surface area (Å²) in [5.74, 6) is 1.39. The van der Waals surface area contributed by atoms with Crippen molar-refractivity contribution in [1.29, 1.82) is 0 Å². The van der Waals surface area contributed by atoms with E-state index >= 15 is 0 Å². The van der Waals surface area contributed by atoms with Crippen molar-refractivity contribution in [3.63, 3.8) is 0 Å². The molecular weight excluding hydrogens is 220 g/mol. The molecule has 0 amide bonds. The number of aromatic nitrogens is 2. The summed E-state index contributed by atoms with van der Waals surface area (Å²) in [5.41, 5.74) is 5.58. The quantitative estimate of drug-likeness (QED) is 0.797. The Morgan fingerprint density at radius 2 is 2.24 bits per heavy atom. The predicted octanol–water partition coefficient (Wildman–Crippen LogP) is 1.05. The summed E-state index contributed by atoms with van der Waals surface area (Å²) in [6, 6.07) is 2.13. The number of hydrogen-bond acceptors (Lipinski definition) is 6. The third-order valence-corrected chi connectivity index (χ3v) is 2.78. The van der Waals surface area contributed by atoms with Crippen LogP contribution in [0, 0.1) is 0 Å². The summed E-state index contributed by atoms with van der Waals surface area (Å²) < 4.78 is 10.5. The SMILES string of the molecule is CCOC1CC(Nc2cc(OC)nc(N)n2)C1. The van der Waals surface area contributed by atoms with Crippen LogP contribution in [0.5, 0.6) is 5.88 Å². The standard InChI is InChI=1S/C11H18N4O2/c1-3-17-8-4-7(5-8)13-9-6-10(16-2)15-11(12)14-9/h6-8H,3-5H2,1-2H3,(H3,12,13,14,15). The molecule has 17 heavy (non-hydrogen) atoms. The maximum absolute atomic E-state index is 5.58. The van der Waals surface area contributed by atoms with Crippen molar-refractivity contribution in [2.45, 2.75) is 31.9 Å². The summed E-state index contributed by atoms with van der Waals surface area (Å²) in [6.07, 6.45) is 2.37. The Balaban J connectivity index is 1.89. The first-order chi connectivity index (χ1) is 8.21. The first-order valence-electron chi connectivity index (χ1n) is 5.78. The number of methoxy groups -OCH3 is 1. The lowest BCUT2D eigenvalue weighted by molar-refractivity contribution is 0.00292. The molecule has 0 spiro atoms. The van der Waals surface area contributed by atoms with Crippen molar-refractivity contribution >= 4 is 11.8 Å². The van der Waals surface area contributed by atoms with Gasteiger partial charge >= 0.3 is 0 Å². The zero-order valence-corrected chi connectivity index (χ0v) is 10.1. The molecule has 0 aromatic carbocycles. The molecule has 0 bridgehead atoms. The van der Waals surface area contributed by atoms with E-state index in [1.807, 2.05) is 6.92 Å². The Labute approximate surface area is 101 Å². The van der Waals surface area contributed by atoms with Crippen molar-refractivity contribution in [2.24, 2.45) is 0 Å². The van der Waals surface area contributed by atoms with Gasteiger partial charge in [0.15, 0.2) is 0 Å². The molecule has 1 aromatic rings. The Kier molecular flexibility index (Phi) is 3.63. The van der Waals surface area contributed by atoms with Crippen LogP contribution in [-0.2, 0) is 4.74 Å². The molecule has 0 saturated heterocycles. The number of hydrogen-bond donors (Lipinski definition) is 2. The molecule has 1 fully saturated rings. The third-order valence-electron chi connectivity index (χ3n) is 2.78. The fourth-order valence-electron chi connectivity index (χ4n) is 1.89. The maximum Gasteiger partial charge on any atom is 0.225 e. The highest BCUT2D eigenvalue weighted by molar-refractivity contribution is 5.44. The topological polar surface area (TPSA) is 82.3 Å². The van der Waals surface area contributed by atoms with Gasteiger partial charge in [0.1, 0.15) is 5.82 Å². The van der Waals surface area contributed by atoms with Crippen molar-refractivity contribution in [2.75, 3.05) is 24.8 Å². The minimum absolute atomic E-state index is 0.215. The highest BCUT2D eigenvalue weighted by atomic mass is 16.5. The summed E-state index contributed by atoms with van der Waals surface area (Å²) in [5, 5.41) is 3.29. The number of nitrogens with zero attached hydrogens (tertiary/aromatic N) is 2. The zero-order chi connectivity index (χ0) is 12.3. The molecule has 1 aliphatic carbocycles. The summed E-state index contributed by atoms with van der Waals surface area (Å²) >= 11 is 0. The van der Waals surface area contributed by atoms with Crippen LogP contribution >= 0.6 is 0 Å². The number of rotatable bonds is 5. The molecule has 3 N–H and O–H groups in total. The molecule has 0 atom stereocenters. The molecule has 0 radical (unpaired) electrons. The van der Waals surface area contributed by atoms with E-state index in [0.29, 0.717) is 23.8 Å². The van der Waals surface area contributed by atoms with Gasteiger partial charge in [-0.3, -0.25) is 0 Å². The first kappa shape index (κ1) is 11.9. The largest absolute Gasteiger partial charge is 0.481 e. The molecule has 2 rings (SSSR count). The molecule has 6 nitrogen and oxygen atoms in total. The summed E-state index contributed by atoms with van der Waals surface area (Å²) in [7, 11) is 1.56. The van der Waals surface area contributed by atoms with Gasteiger partial charge in [0.05, 0.1) is 13.2 Å². The van der Waals surface area contributed by atoms with Crippen LogP contribution in [0.3, 0.4) is 0 Å². The third kappa shape index (κ3) is 2.97. The van der Waals surface area contributed by atoms with E-state index < -0.39 is 0 Å². The number of ether oxygens (including phenoxy) is 2. The second-order valence-electron chi connectivity index (χ2n) is 4.04. The Hall–Kier alpha value is -1.56. The smallest absolute Gasteiger partial charge is 0.225 e. The molecule has 0 unspecified atom stereocenters. The van der Waals surface area contributed by atoms with Crippen molar-refractivity contribution < 1.29 is 9.47 Å². The van der Waals surface area contributed by atoms with E-state index in [1.54, 1.807) is 13.2 Å². The minimum atomic E-state index is 0.215. The molecule has 1 aliphatic rings. The number of nitrogen functional groups attached to an aromatic ring is 1. The predicted molar refractivity (Wildman–Crippen MR) is 65.1 cm³/mol. The van der Waals surface area contributed by atoms with Crippen LogP contribution in [0.2, 0.25) is 0 Å². The highest BCUT2D eigenvalue weighted by Crippen LogP contribution is 2.27. The van der Waals surface area contributed by atoms with Crippen molar-refractivity contribution in [3.8, 4) is 5.88 Å². The molecule has 6 heteroatoms. The molecule has 1 heterocycles. The first-order valence-corrected chi connectivity index (χ1v) is 5.78. The molecule has 0 aliphatic heterocycles. The highest BCUT2D eigenvalue weighted by Gasteiger charge is 2.29. The fraction of sp³-hybridized carbons (Fsp3) is 0.636. The maximum atomic E-state index is 5.58. The fourth-order valence-corrected chi connectivity index (χ4v) is 1.89. The Morgan fingerprint density at radius 1 is 1.47 bits per heavy atom. The minimum Gasteiger partial charge on any atom is -0.481 e. The van der Waals surface area contributed by atoms with Gasteiger partial charge in [0, 0.05) is 18.7 Å². The van der Waals surface area contributed by atoms with Gasteiger partial charge < -0.3 is 20.5 Å². The van der Waals surface area contributed by atoms with Crippen LogP contribution < -0.4 is 15.8 Å². The lowest BCUT2D eigenvalue weighted by atomic mass is 9.89. The van der Waals surface area contributed by atoms with E-state index in [-0.39, 0.29) is 5.95 Å². The zero-order valence-electron chi connectivity index (χ0n) is 10.1. The van der Waals surface area contributed by atoms with E-state index in [1.165, 1.54) is 0 Å². The van der Waals surface area contributed by atoms with Gasteiger partial charge in [-0.25, -0.2) is 0 Å². The number of nitrogens with two attached hydrogens (primary N) is 1. The van der Waals surface area contributed by atoms with Gasteiger partial charge in [0.25, 0.3) is 0 Å². The number of nitrogens with one attached hydrogen (secondary N) is 1. The second-order valence-corrected chi connectivity index (χ2v) is 4.04. The van der Waals surface area contributed by atoms with Crippen molar-refractivity contribution in [3.05, 3.63) is 6.07 Å². The van der Waals surface area contributed by atoms with Gasteiger partial charge in [-0.2, -0.15) is 9.97 Å². The van der Waals surface area contributed by atoms with E-state index in [2.05, 4.69) is 15.3 Å². The summed E-state index contributed by atoms with van der Waals surface area (Å²) in [4.78, 5) is 8.04. The van der Waals surface area contributed by atoms with Crippen molar-refractivity contribution in [1.82, 2.24) is 9.97 Å². The van der Waals surface area contributed by atoms with Gasteiger partial charge in [-0.05, 0) is 19.8 Å². The lowest BCUT2D eigenvalue weighted by Crippen LogP contribution is -2.41. The van der Waals surface area contributed by atoms with Crippen LogP contribution in [0.25, 0.3) is 0 Å². The lowest BCUT2D eigenvalue weighted by Gasteiger charge is -2.35. The Bertz CT molecular complexity index is 380. The van der Waals surface area contributed by atoms with Crippen LogP contribution in [-0.4, -0.2) is 35.8 Å². The Morgan fingerprint density at radius 3 is 2.88 bits per heavy atom. The van der Waals surface area contributed by atoms with Crippen LogP contribution in [0.4, 0.5) is 11.8 Å². The van der Waals surface area contributed by atoms with Gasteiger partial charge in [-0.1, -0.05) is 0 Å². The van der Waals surface area contributed by atoms with Gasteiger partial charge in [0.2, 0.25) is 11.8 Å². The van der Waals surface area contributed by atoms with E-state index in [0.717, 1.165) is 19.4 Å². The normalized spacial score (nSPS) is 22.9. The second kappa shape index (κ2) is 5.18. The van der Waals surface area contributed by atoms with Crippen LogP contribution in [0.1, 0.15) is 19.8 Å². The van der Waals surface area contributed by atoms with Gasteiger partial charge in [-0.15, -0.1) is 0 Å².